The van der Waals surface area contributed by atoms with E-state index in [9.17, 15) is 9.59 Å². The summed E-state index contributed by atoms with van der Waals surface area (Å²) in [5.41, 5.74) is 6.32. The second-order valence-electron chi connectivity index (χ2n) is 8.18. The molecule has 0 atom stereocenters. The molecule has 34 heavy (non-hydrogen) atoms. The van der Waals surface area contributed by atoms with Crippen molar-refractivity contribution in [2.75, 3.05) is 0 Å². The quantitative estimate of drug-likeness (QED) is 0.331. The van der Waals surface area contributed by atoms with Crippen molar-refractivity contribution >= 4 is 11.9 Å². The molecule has 1 aliphatic heterocycles. The number of fused-ring (bicyclic) bond motifs is 8. The Kier molecular flexibility index (Phi) is 5.64. The van der Waals surface area contributed by atoms with Crippen LogP contribution in [0, 0.1) is 13.8 Å². The van der Waals surface area contributed by atoms with Gasteiger partial charge >= 0.3 is 11.9 Å². The van der Waals surface area contributed by atoms with Gasteiger partial charge in [0.1, 0.15) is 13.2 Å². The predicted octanol–water partition coefficient (Wildman–Crippen LogP) is 5.45. The number of hydrogen-bond donors (Lipinski definition) is 0. The number of carbonyl (C=O) groups is 2. The van der Waals surface area contributed by atoms with Gasteiger partial charge in [0, 0.05) is 11.1 Å². The van der Waals surface area contributed by atoms with Crippen LogP contribution in [0.1, 0.15) is 43.2 Å². The molecule has 1 aliphatic rings. The van der Waals surface area contributed by atoms with Crippen LogP contribution >= 0.6 is 0 Å². The van der Waals surface area contributed by atoms with Gasteiger partial charge in [0.15, 0.2) is 0 Å². The average molecular weight is 450 g/mol. The van der Waals surface area contributed by atoms with E-state index in [0.29, 0.717) is 45.0 Å². The van der Waals surface area contributed by atoms with Gasteiger partial charge in [-0.3, -0.25) is 0 Å². The third-order valence-electron chi connectivity index (χ3n) is 5.81. The van der Waals surface area contributed by atoms with Crippen LogP contribution in [0.15, 0.2) is 72.8 Å². The molecule has 0 saturated carbocycles. The molecule has 0 N–H and O–H groups in total. The normalized spacial score (nSPS) is 13.4. The molecule has 0 fully saturated rings. The number of esters is 2. The molecule has 4 bridgehead atoms. The smallest absolute Gasteiger partial charge is 0.339 e. The minimum Gasteiger partial charge on any atom is -0.456 e. The van der Waals surface area contributed by atoms with E-state index in [0.717, 1.165) is 11.1 Å². The molecule has 0 spiro atoms. The first-order valence-corrected chi connectivity index (χ1v) is 11.0. The zero-order valence-corrected chi connectivity index (χ0v) is 18.9. The van der Waals surface area contributed by atoms with E-state index in [1.165, 1.54) is 0 Å². The second-order valence-corrected chi connectivity index (χ2v) is 8.18. The van der Waals surface area contributed by atoms with Crippen molar-refractivity contribution < 1.29 is 19.1 Å². The van der Waals surface area contributed by atoms with Gasteiger partial charge in [-0.2, -0.15) is 0 Å². The molecular formula is C28H22N2O4. The molecule has 168 valence electrons. The third-order valence-corrected chi connectivity index (χ3v) is 5.81. The number of aromatic nitrogens is 2. The molecule has 3 heterocycles. The van der Waals surface area contributed by atoms with Crippen molar-refractivity contribution in [1.29, 1.82) is 0 Å². The van der Waals surface area contributed by atoms with Crippen LogP contribution in [-0.2, 0) is 22.7 Å². The topological polar surface area (TPSA) is 78.4 Å². The zero-order chi connectivity index (χ0) is 23.7. The van der Waals surface area contributed by atoms with Gasteiger partial charge in [0.2, 0.25) is 0 Å². The monoisotopic (exact) mass is 450 g/mol. The van der Waals surface area contributed by atoms with E-state index in [1.807, 2.05) is 62.4 Å². The Bertz CT molecular complexity index is 1320. The summed E-state index contributed by atoms with van der Waals surface area (Å²) >= 11 is 0. The van der Waals surface area contributed by atoms with Gasteiger partial charge in [-0.25, -0.2) is 19.6 Å². The lowest BCUT2D eigenvalue weighted by Gasteiger charge is -2.18. The van der Waals surface area contributed by atoms with E-state index in [4.69, 9.17) is 9.47 Å². The number of carbonyl (C=O) groups excluding carboxylic acids is 2. The molecule has 4 aromatic rings. The standard InChI is InChI=1S/C28H22N2O4/c1-17-7-3-11-21-25(17)26-18(2)8-4-12-22(26)28(32)34-16-20-10-6-14-24(30-20)23-13-5-9-19(29-23)15-33-27(21)31/h3-14H,15-16H2,1-2H3. The summed E-state index contributed by atoms with van der Waals surface area (Å²) in [4.78, 5) is 35.6. The average Bonchev–Trinajstić information content (AvgIpc) is 2.86. The first-order chi connectivity index (χ1) is 16.5. The van der Waals surface area contributed by atoms with E-state index >= 15 is 0 Å². The van der Waals surface area contributed by atoms with Crippen LogP contribution in [-0.4, -0.2) is 21.9 Å². The number of cyclic esters (lactones) is 2. The van der Waals surface area contributed by atoms with Crippen LogP contribution in [0.25, 0.3) is 22.5 Å². The number of nitrogens with zero attached hydrogens (tertiary/aromatic N) is 2. The highest BCUT2D eigenvalue weighted by Gasteiger charge is 2.24. The Morgan fingerprint density at radius 2 is 1.00 bits per heavy atom. The van der Waals surface area contributed by atoms with E-state index in [-0.39, 0.29) is 13.2 Å². The van der Waals surface area contributed by atoms with Crippen molar-refractivity contribution in [2.24, 2.45) is 0 Å². The summed E-state index contributed by atoms with van der Waals surface area (Å²) in [7, 11) is 0. The highest BCUT2D eigenvalue weighted by molar-refractivity contribution is 6.04. The SMILES string of the molecule is Cc1cccc2c1-c1c(C)cccc1C(=O)OCc1cccc(n1)-c1cccc(n1)COC2=O. The second kappa shape index (κ2) is 8.90. The molecule has 6 heteroatoms. The lowest BCUT2D eigenvalue weighted by molar-refractivity contribution is 0.0457. The summed E-state index contributed by atoms with van der Waals surface area (Å²) in [5.74, 6) is -0.971. The fourth-order valence-corrected chi connectivity index (χ4v) is 4.18. The van der Waals surface area contributed by atoms with Crippen molar-refractivity contribution in [3.05, 3.63) is 106 Å². The molecule has 0 saturated heterocycles. The van der Waals surface area contributed by atoms with Gasteiger partial charge in [-0.1, -0.05) is 36.4 Å². The van der Waals surface area contributed by atoms with Crippen LogP contribution in [0.2, 0.25) is 0 Å². The minimum atomic E-state index is -0.485. The lowest BCUT2D eigenvalue weighted by Crippen LogP contribution is -2.13. The van der Waals surface area contributed by atoms with Crippen molar-refractivity contribution in [3.8, 4) is 22.5 Å². The number of hydrogen-bond acceptors (Lipinski definition) is 6. The fourth-order valence-electron chi connectivity index (χ4n) is 4.18. The van der Waals surface area contributed by atoms with Gasteiger partial charge < -0.3 is 9.47 Å². The molecule has 2 aromatic heterocycles. The minimum absolute atomic E-state index is 0.0163. The molecule has 0 unspecified atom stereocenters. The Labute approximate surface area is 197 Å². The number of rotatable bonds is 0. The maximum Gasteiger partial charge on any atom is 0.339 e. The zero-order valence-electron chi connectivity index (χ0n) is 18.9. The Morgan fingerprint density at radius 3 is 1.44 bits per heavy atom. The van der Waals surface area contributed by atoms with E-state index in [2.05, 4.69) is 9.97 Å². The Hall–Kier alpha value is -4.32. The summed E-state index contributed by atoms with van der Waals surface area (Å²) in [6.07, 6.45) is 0. The Balaban J connectivity index is 1.69. The number of ether oxygens (including phenoxy) is 2. The van der Waals surface area contributed by atoms with E-state index in [1.54, 1.807) is 24.3 Å². The van der Waals surface area contributed by atoms with E-state index < -0.39 is 11.9 Å². The Morgan fingerprint density at radius 1 is 0.588 bits per heavy atom. The summed E-state index contributed by atoms with van der Waals surface area (Å²) < 4.78 is 11.3. The van der Waals surface area contributed by atoms with Gasteiger partial charge in [0.05, 0.1) is 33.9 Å². The largest absolute Gasteiger partial charge is 0.456 e. The summed E-state index contributed by atoms with van der Waals surface area (Å²) in [6.45, 7) is 3.85. The van der Waals surface area contributed by atoms with Crippen molar-refractivity contribution in [1.82, 2.24) is 9.97 Å². The first kappa shape index (κ1) is 21.5. The van der Waals surface area contributed by atoms with Crippen LogP contribution in [0.3, 0.4) is 0 Å². The molecule has 0 amide bonds. The van der Waals surface area contributed by atoms with Crippen LogP contribution < -0.4 is 0 Å². The van der Waals surface area contributed by atoms with Gasteiger partial charge in [-0.15, -0.1) is 0 Å². The van der Waals surface area contributed by atoms with Crippen LogP contribution in [0.5, 0.6) is 0 Å². The molecule has 0 radical (unpaired) electrons. The fraction of sp³-hybridized carbons (Fsp3) is 0.143. The number of aryl methyl sites for hydroxylation is 2. The maximum atomic E-state index is 13.2. The third kappa shape index (κ3) is 4.06. The molecule has 6 nitrogen and oxygen atoms in total. The summed E-state index contributed by atoms with van der Waals surface area (Å²) in [6, 6.07) is 21.9. The molecule has 0 aliphatic carbocycles. The predicted molar refractivity (Wildman–Crippen MR) is 127 cm³/mol. The maximum absolute atomic E-state index is 13.2. The summed E-state index contributed by atoms with van der Waals surface area (Å²) in [5, 5.41) is 0. The van der Waals surface area contributed by atoms with Gasteiger partial charge in [0.25, 0.3) is 0 Å². The first-order valence-electron chi connectivity index (χ1n) is 11.0. The lowest BCUT2D eigenvalue weighted by atomic mass is 9.88. The molecule has 5 rings (SSSR count). The van der Waals surface area contributed by atoms with Crippen molar-refractivity contribution in [2.45, 2.75) is 27.1 Å². The molecular weight excluding hydrogens is 428 g/mol. The van der Waals surface area contributed by atoms with Crippen LogP contribution in [0.4, 0.5) is 0 Å². The highest BCUT2D eigenvalue weighted by atomic mass is 16.5. The van der Waals surface area contributed by atoms with Gasteiger partial charge in [-0.05, 0) is 61.4 Å². The highest BCUT2D eigenvalue weighted by Crippen LogP contribution is 2.34. The number of benzene rings is 2. The number of pyridine rings is 2. The molecule has 2 aromatic carbocycles. The van der Waals surface area contributed by atoms with Crippen molar-refractivity contribution in [3.63, 3.8) is 0 Å².